The van der Waals surface area contributed by atoms with Gasteiger partial charge in [0.2, 0.25) is 0 Å². The number of nitrogens with zero attached hydrogens (tertiary/aromatic N) is 1. The third-order valence-electron chi connectivity index (χ3n) is 1.81. The van der Waals surface area contributed by atoms with Crippen LogP contribution in [0.3, 0.4) is 0 Å². The fourth-order valence-electron chi connectivity index (χ4n) is 1.23. The summed E-state index contributed by atoms with van der Waals surface area (Å²) in [5.41, 5.74) is 0. The molecule has 0 radical (unpaired) electrons. The summed E-state index contributed by atoms with van der Waals surface area (Å²) in [4.78, 5) is 28.1. The molecule has 1 aliphatic heterocycles. The number of hydrogen-bond acceptors (Lipinski definition) is 4. The van der Waals surface area contributed by atoms with E-state index in [1.165, 1.54) is 0 Å². The van der Waals surface area contributed by atoms with Gasteiger partial charge in [-0.3, -0.25) is 14.6 Å². The van der Waals surface area contributed by atoms with E-state index >= 15 is 0 Å². The van der Waals surface area contributed by atoms with E-state index in [0.717, 1.165) is 0 Å². The number of hydrogen-bond donors (Lipinski definition) is 4. The Balaban J connectivity index is 2.65. The highest BCUT2D eigenvalue weighted by atomic mass is 31.2. The van der Waals surface area contributed by atoms with Crippen LogP contribution in [0.25, 0.3) is 0 Å². The van der Waals surface area contributed by atoms with Crippen molar-refractivity contribution in [1.82, 2.24) is 5.06 Å². The maximum atomic E-state index is 11.0. The largest absolute Gasteiger partial charge is 0.371 e. The molecule has 1 heterocycles. The molecule has 0 aromatic rings. The second-order valence-electron chi connectivity index (χ2n) is 2.94. The number of aliphatic hydroxyl groups is 1. The smallest absolute Gasteiger partial charge is 0.326 e. The summed E-state index contributed by atoms with van der Waals surface area (Å²) in [5, 5.41) is 17.8. The summed E-state index contributed by atoms with van der Waals surface area (Å²) in [6.07, 6.45) is -2.15. The molecule has 0 saturated carbocycles. The van der Waals surface area contributed by atoms with E-state index < -0.39 is 31.8 Å². The molecule has 76 valence electrons. The van der Waals surface area contributed by atoms with Crippen LogP contribution >= 0.6 is 7.60 Å². The van der Waals surface area contributed by atoms with E-state index in [2.05, 4.69) is 0 Å². The third kappa shape index (κ3) is 2.49. The lowest BCUT2D eigenvalue weighted by atomic mass is 10.1. The number of aliphatic hydroxyl groups excluding tert-OH is 1. The number of amides is 1. The summed E-state index contributed by atoms with van der Waals surface area (Å²) in [5.74, 6) is -1.85. The molecular formula is C5H10NO6P. The minimum atomic E-state index is -4.28. The molecule has 1 rings (SSSR count). The van der Waals surface area contributed by atoms with E-state index in [4.69, 9.17) is 20.1 Å². The first-order valence-electron chi connectivity index (χ1n) is 3.56. The maximum Gasteiger partial charge on any atom is 0.326 e. The van der Waals surface area contributed by atoms with Gasteiger partial charge in [-0.25, -0.2) is 0 Å². The number of rotatable bonds is 2. The average Bonchev–Trinajstić information content (AvgIpc) is 2.15. The van der Waals surface area contributed by atoms with Crippen molar-refractivity contribution in [2.24, 2.45) is 5.92 Å². The second kappa shape index (κ2) is 3.36. The van der Waals surface area contributed by atoms with Crippen molar-refractivity contribution < 1.29 is 29.5 Å². The fraction of sp³-hybridized carbons (Fsp3) is 0.800. The lowest BCUT2D eigenvalue weighted by molar-refractivity contribution is -0.190. The molecule has 1 saturated heterocycles. The average molecular weight is 211 g/mol. The van der Waals surface area contributed by atoms with E-state index in [1.54, 1.807) is 0 Å². The third-order valence-corrected chi connectivity index (χ3v) is 2.73. The van der Waals surface area contributed by atoms with Crippen molar-refractivity contribution in [3.8, 4) is 0 Å². The predicted octanol–water partition coefficient (Wildman–Crippen LogP) is -1.28. The van der Waals surface area contributed by atoms with Gasteiger partial charge in [-0.1, -0.05) is 0 Å². The first-order valence-corrected chi connectivity index (χ1v) is 5.35. The lowest BCUT2D eigenvalue weighted by Crippen LogP contribution is -2.30. The van der Waals surface area contributed by atoms with Gasteiger partial charge in [0, 0.05) is 6.42 Å². The quantitative estimate of drug-likeness (QED) is 0.333. The van der Waals surface area contributed by atoms with E-state index in [9.17, 15) is 9.36 Å². The number of carbonyl (C=O) groups excluding carboxylic acids is 1. The Hall–Kier alpha value is -0.460. The van der Waals surface area contributed by atoms with Crippen LogP contribution in [-0.2, 0) is 9.36 Å². The zero-order valence-corrected chi connectivity index (χ0v) is 7.46. The van der Waals surface area contributed by atoms with Gasteiger partial charge in [0.15, 0.2) is 6.23 Å². The molecule has 0 unspecified atom stereocenters. The van der Waals surface area contributed by atoms with E-state index in [-0.39, 0.29) is 11.5 Å². The Kier molecular flexibility index (Phi) is 2.74. The van der Waals surface area contributed by atoms with Gasteiger partial charge >= 0.3 is 7.60 Å². The fourth-order valence-corrected chi connectivity index (χ4v) is 2.11. The molecule has 8 heteroatoms. The van der Waals surface area contributed by atoms with Crippen molar-refractivity contribution in [3.63, 3.8) is 0 Å². The van der Waals surface area contributed by atoms with Crippen LogP contribution in [0.4, 0.5) is 0 Å². The Bertz CT molecular complexity index is 262. The summed E-state index contributed by atoms with van der Waals surface area (Å²) < 4.78 is 10.5. The minimum Gasteiger partial charge on any atom is -0.371 e. The van der Waals surface area contributed by atoms with Gasteiger partial charge in [-0.2, -0.15) is 5.06 Å². The first kappa shape index (κ1) is 10.6. The molecule has 1 amide bonds. The SMILES string of the molecule is O=C1[C@@H](CP(=O)(O)O)C[C@H](O)N1O. The van der Waals surface area contributed by atoms with Gasteiger partial charge in [-0.15, -0.1) is 0 Å². The number of carbonyl (C=O) groups is 1. The summed E-state index contributed by atoms with van der Waals surface area (Å²) in [6, 6.07) is 0. The zero-order chi connectivity index (χ0) is 10.2. The maximum absolute atomic E-state index is 11.0. The Morgan fingerprint density at radius 2 is 2.08 bits per heavy atom. The van der Waals surface area contributed by atoms with Crippen LogP contribution in [0, 0.1) is 5.92 Å². The standard InChI is InChI=1S/C5H10NO6P/c7-4-1-3(2-13(10,11)12)5(8)6(4)9/h3-4,7,9H,1-2H2,(H2,10,11,12)/t3-,4+/m1/s1. The Morgan fingerprint density at radius 3 is 2.38 bits per heavy atom. The molecule has 4 N–H and O–H groups in total. The van der Waals surface area contributed by atoms with Crippen LogP contribution in [0.5, 0.6) is 0 Å². The zero-order valence-electron chi connectivity index (χ0n) is 6.57. The van der Waals surface area contributed by atoms with Gasteiger partial charge in [0.1, 0.15) is 0 Å². The summed E-state index contributed by atoms with van der Waals surface area (Å²) in [7, 11) is -4.28. The monoisotopic (exact) mass is 211 g/mol. The molecule has 0 bridgehead atoms. The summed E-state index contributed by atoms with van der Waals surface area (Å²) >= 11 is 0. The highest BCUT2D eigenvalue weighted by Crippen LogP contribution is 2.40. The minimum absolute atomic E-state index is 0.0975. The van der Waals surface area contributed by atoms with Crippen molar-refractivity contribution in [2.75, 3.05) is 6.16 Å². The normalized spacial score (nSPS) is 29.8. The van der Waals surface area contributed by atoms with Crippen molar-refractivity contribution in [3.05, 3.63) is 0 Å². The summed E-state index contributed by atoms with van der Waals surface area (Å²) in [6.45, 7) is 0. The van der Waals surface area contributed by atoms with E-state index in [1.807, 2.05) is 0 Å². The van der Waals surface area contributed by atoms with Gasteiger partial charge < -0.3 is 14.9 Å². The van der Waals surface area contributed by atoms with Crippen molar-refractivity contribution in [1.29, 1.82) is 0 Å². The molecule has 0 aliphatic carbocycles. The van der Waals surface area contributed by atoms with Gasteiger partial charge in [0.05, 0.1) is 12.1 Å². The highest BCUT2D eigenvalue weighted by Gasteiger charge is 2.41. The van der Waals surface area contributed by atoms with E-state index in [0.29, 0.717) is 0 Å². The molecule has 0 spiro atoms. The predicted molar refractivity (Wildman–Crippen MR) is 39.7 cm³/mol. The van der Waals surface area contributed by atoms with Crippen LogP contribution in [-0.4, -0.2) is 43.5 Å². The topological polar surface area (TPSA) is 118 Å². The van der Waals surface area contributed by atoms with Crippen LogP contribution in [0.2, 0.25) is 0 Å². The number of hydroxylamine groups is 2. The van der Waals surface area contributed by atoms with Gasteiger partial charge in [-0.05, 0) is 0 Å². The molecule has 0 aromatic carbocycles. The molecule has 2 atom stereocenters. The Labute approximate surface area is 73.7 Å². The van der Waals surface area contributed by atoms with Crippen LogP contribution in [0.15, 0.2) is 0 Å². The molecule has 1 fully saturated rings. The highest BCUT2D eigenvalue weighted by molar-refractivity contribution is 7.51. The molecule has 0 aromatic heterocycles. The molecule has 13 heavy (non-hydrogen) atoms. The molecule has 1 aliphatic rings. The van der Waals surface area contributed by atoms with Crippen LogP contribution < -0.4 is 0 Å². The van der Waals surface area contributed by atoms with Crippen molar-refractivity contribution >= 4 is 13.5 Å². The van der Waals surface area contributed by atoms with Crippen LogP contribution in [0.1, 0.15) is 6.42 Å². The second-order valence-corrected chi connectivity index (χ2v) is 4.64. The molecule has 7 nitrogen and oxygen atoms in total. The van der Waals surface area contributed by atoms with Gasteiger partial charge in [0.25, 0.3) is 5.91 Å². The van der Waals surface area contributed by atoms with Crippen molar-refractivity contribution in [2.45, 2.75) is 12.6 Å². The molecular weight excluding hydrogens is 201 g/mol. The Morgan fingerprint density at radius 1 is 1.54 bits per heavy atom. The lowest BCUT2D eigenvalue weighted by Gasteiger charge is -2.10. The first-order chi connectivity index (χ1) is 5.81.